The first kappa shape index (κ1) is 13.5. The van der Waals surface area contributed by atoms with E-state index in [0.717, 1.165) is 0 Å². The molecule has 2 heterocycles. The molecule has 0 spiro atoms. The molecule has 2 aliphatic heterocycles. The number of carbonyl (C=O) groups excluding carboxylic acids is 1. The van der Waals surface area contributed by atoms with Gasteiger partial charge >= 0.3 is 0 Å². The van der Waals surface area contributed by atoms with Crippen molar-refractivity contribution in [2.75, 3.05) is 18.3 Å². The van der Waals surface area contributed by atoms with Gasteiger partial charge in [-0.25, -0.2) is 8.42 Å². The highest BCUT2D eigenvalue weighted by molar-refractivity contribution is 7.91. The van der Waals surface area contributed by atoms with Crippen molar-refractivity contribution in [1.82, 2.24) is 5.32 Å². The maximum atomic E-state index is 12.1. The Morgan fingerprint density at radius 1 is 1.35 bits per heavy atom. The van der Waals surface area contributed by atoms with Gasteiger partial charge in [0.1, 0.15) is 0 Å². The summed E-state index contributed by atoms with van der Waals surface area (Å²) in [6.45, 7) is 0.0704. The van der Waals surface area contributed by atoms with E-state index in [-0.39, 0.29) is 30.2 Å². The standard InChI is InChI=1S/C12H12ClNO5S/c13-9-3-7(4-10-11(9)19-6-18-10)12(15)14-8-1-2-20(16,17)5-8/h3-4,8H,1-2,5-6H2,(H,14,15)/t8-/m1/s1. The first-order valence-corrected chi connectivity index (χ1v) is 8.25. The molecule has 3 rings (SSSR count). The lowest BCUT2D eigenvalue weighted by Crippen LogP contribution is -2.35. The molecule has 0 aromatic heterocycles. The van der Waals surface area contributed by atoms with E-state index in [1.165, 1.54) is 12.1 Å². The van der Waals surface area contributed by atoms with Crippen LogP contribution in [0.25, 0.3) is 0 Å². The third-order valence-electron chi connectivity index (χ3n) is 3.26. The van der Waals surface area contributed by atoms with Gasteiger partial charge in [0.05, 0.1) is 16.5 Å². The number of amides is 1. The summed E-state index contributed by atoms with van der Waals surface area (Å²) >= 11 is 6.00. The van der Waals surface area contributed by atoms with Crippen LogP contribution in [-0.2, 0) is 9.84 Å². The number of rotatable bonds is 2. The first-order chi connectivity index (χ1) is 9.44. The Balaban J connectivity index is 1.77. The molecule has 1 aromatic rings. The van der Waals surface area contributed by atoms with E-state index in [1.807, 2.05) is 0 Å². The third kappa shape index (κ3) is 2.55. The molecule has 0 aliphatic carbocycles. The van der Waals surface area contributed by atoms with Crippen molar-refractivity contribution in [1.29, 1.82) is 0 Å². The lowest BCUT2D eigenvalue weighted by atomic mass is 10.1. The number of ether oxygens (including phenoxy) is 2. The van der Waals surface area contributed by atoms with Gasteiger partial charge in [-0.2, -0.15) is 0 Å². The van der Waals surface area contributed by atoms with Crippen molar-refractivity contribution in [3.05, 3.63) is 22.7 Å². The van der Waals surface area contributed by atoms with Gasteiger partial charge in [0, 0.05) is 11.6 Å². The monoisotopic (exact) mass is 317 g/mol. The van der Waals surface area contributed by atoms with Crippen molar-refractivity contribution in [2.24, 2.45) is 0 Å². The quantitative estimate of drug-likeness (QED) is 0.879. The van der Waals surface area contributed by atoms with Crippen LogP contribution in [0.15, 0.2) is 12.1 Å². The van der Waals surface area contributed by atoms with E-state index in [1.54, 1.807) is 0 Å². The summed E-state index contributed by atoms with van der Waals surface area (Å²) in [6.07, 6.45) is 0.437. The van der Waals surface area contributed by atoms with Crippen LogP contribution in [0.1, 0.15) is 16.8 Å². The normalized spacial score (nSPS) is 22.8. The number of benzene rings is 1. The SMILES string of the molecule is O=C(N[C@@H]1CCS(=O)(=O)C1)c1cc(Cl)c2c(c1)OCO2. The van der Waals surface area contributed by atoms with Crippen LogP contribution in [0.2, 0.25) is 5.02 Å². The highest BCUT2D eigenvalue weighted by Gasteiger charge is 2.29. The van der Waals surface area contributed by atoms with E-state index in [2.05, 4.69) is 5.32 Å². The largest absolute Gasteiger partial charge is 0.454 e. The van der Waals surface area contributed by atoms with E-state index in [0.29, 0.717) is 28.5 Å². The van der Waals surface area contributed by atoms with Crippen molar-refractivity contribution in [3.63, 3.8) is 0 Å². The zero-order valence-electron chi connectivity index (χ0n) is 10.4. The summed E-state index contributed by atoms with van der Waals surface area (Å²) in [7, 11) is -3.03. The predicted octanol–water partition coefficient (Wildman–Crippen LogP) is 0.986. The van der Waals surface area contributed by atoms with Crippen molar-refractivity contribution < 1.29 is 22.7 Å². The summed E-state index contributed by atoms with van der Waals surface area (Å²) in [5.74, 6) is 0.567. The van der Waals surface area contributed by atoms with Crippen LogP contribution in [0.3, 0.4) is 0 Å². The first-order valence-electron chi connectivity index (χ1n) is 6.05. The molecule has 1 amide bonds. The van der Waals surface area contributed by atoms with Gasteiger partial charge in [0.2, 0.25) is 6.79 Å². The topological polar surface area (TPSA) is 81.7 Å². The lowest BCUT2D eigenvalue weighted by molar-refractivity contribution is 0.0940. The molecule has 1 aromatic carbocycles. The Bertz CT molecular complexity index is 673. The zero-order valence-corrected chi connectivity index (χ0v) is 12.0. The van der Waals surface area contributed by atoms with Gasteiger partial charge in [-0.05, 0) is 18.6 Å². The summed E-state index contributed by atoms with van der Waals surface area (Å²) in [5.41, 5.74) is 0.323. The van der Waals surface area contributed by atoms with Crippen LogP contribution in [0, 0.1) is 0 Å². The molecular weight excluding hydrogens is 306 g/mol. The zero-order chi connectivity index (χ0) is 14.3. The van der Waals surface area contributed by atoms with Gasteiger partial charge in [0.25, 0.3) is 5.91 Å². The number of fused-ring (bicyclic) bond motifs is 1. The second-order valence-electron chi connectivity index (χ2n) is 4.77. The number of carbonyl (C=O) groups is 1. The maximum Gasteiger partial charge on any atom is 0.251 e. The van der Waals surface area contributed by atoms with E-state index < -0.39 is 9.84 Å². The summed E-state index contributed by atoms with van der Waals surface area (Å²) in [5, 5.41) is 2.99. The van der Waals surface area contributed by atoms with Crippen molar-refractivity contribution >= 4 is 27.3 Å². The van der Waals surface area contributed by atoms with Crippen LogP contribution >= 0.6 is 11.6 Å². The molecular formula is C12H12ClNO5S. The molecule has 0 radical (unpaired) electrons. The number of nitrogens with one attached hydrogen (secondary N) is 1. The minimum atomic E-state index is -3.03. The van der Waals surface area contributed by atoms with Crippen LogP contribution < -0.4 is 14.8 Å². The molecule has 8 heteroatoms. The molecule has 0 bridgehead atoms. The highest BCUT2D eigenvalue weighted by Crippen LogP contribution is 2.39. The van der Waals surface area contributed by atoms with E-state index >= 15 is 0 Å². The minimum Gasteiger partial charge on any atom is -0.454 e. The molecule has 0 unspecified atom stereocenters. The fourth-order valence-corrected chi connectivity index (χ4v) is 4.21. The number of halogens is 1. The second-order valence-corrected chi connectivity index (χ2v) is 7.40. The van der Waals surface area contributed by atoms with Gasteiger partial charge in [-0.1, -0.05) is 11.6 Å². The van der Waals surface area contributed by atoms with Crippen molar-refractivity contribution in [2.45, 2.75) is 12.5 Å². The van der Waals surface area contributed by atoms with Crippen molar-refractivity contribution in [3.8, 4) is 11.5 Å². The molecule has 1 fully saturated rings. The Morgan fingerprint density at radius 3 is 2.85 bits per heavy atom. The highest BCUT2D eigenvalue weighted by atomic mass is 35.5. The number of hydrogen-bond donors (Lipinski definition) is 1. The molecule has 0 saturated carbocycles. The molecule has 1 atom stereocenters. The average molecular weight is 318 g/mol. The van der Waals surface area contributed by atoms with Gasteiger partial charge in [-0.15, -0.1) is 0 Å². The Hall–Kier alpha value is -1.47. The van der Waals surface area contributed by atoms with Gasteiger partial charge < -0.3 is 14.8 Å². The summed E-state index contributed by atoms with van der Waals surface area (Å²) in [4.78, 5) is 12.1. The van der Waals surface area contributed by atoms with Gasteiger partial charge in [-0.3, -0.25) is 4.79 Å². The fourth-order valence-electron chi connectivity index (χ4n) is 2.28. The molecule has 1 saturated heterocycles. The Kier molecular flexibility index (Phi) is 3.25. The smallest absolute Gasteiger partial charge is 0.251 e. The average Bonchev–Trinajstić information content (AvgIpc) is 2.95. The molecule has 1 N–H and O–H groups in total. The van der Waals surface area contributed by atoms with E-state index in [9.17, 15) is 13.2 Å². The predicted molar refractivity (Wildman–Crippen MR) is 72.1 cm³/mol. The second kappa shape index (κ2) is 4.82. The summed E-state index contributed by atoms with van der Waals surface area (Å²) < 4.78 is 33.1. The van der Waals surface area contributed by atoms with Crippen LogP contribution in [0.4, 0.5) is 0 Å². The molecule has 108 valence electrons. The molecule has 20 heavy (non-hydrogen) atoms. The molecule has 2 aliphatic rings. The third-order valence-corrected chi connectivity index (χ3v) is 5.31. The molecule has 6 nitrogen and oxygen atoms in total. The lowest BCUT2D eigenvalue weighted by Gasteiger charge is -2.11. The number of hydrogen-bond acceptors (Lipinski definition) is 5. The van der Waals surface area contributed by atoms with Crippen LogP contribution in [0.5, 0.6) is 11.5 Å². The Labute approximate surface area is 120 Å². The summed E-state index contributed by atoms with van der Waals surface area (Å²) in [6, 6.07) is 2.66. The minimum absolute atomic E-state index is 0.0168. The maximum absolute atomic E-state index is 12.1. The number of sulfone groups is 1. The van der Waals surface area contributed by atoms with Gasteiger partial charge in [0.15, 0.2) is 21.3 Å². The van der Waals surface area contributed by atoms with E-state index in [4.69, 9.17) is 21.1 Å². The Morgan fingerprint density at radius 2 is 2.15 bits per heavy atom. The van der Waals surface area contributed by atoms with Crippen LogP contribution in [-0.4, -0.2) is 38.7 Å². The fraction of sp³-hybridized carbons (Fsp3) is 0.417.